The molecule has 0 radical (unpaired) electrons. The second-order valence-electron chi connectivity index (χ2n) is 4.98. The monoisotopic (exact) mass is 354 g/mol. The Kier molecular flexibility index (Phi) is 4.73. The van der Waals surface area contributed by atoms with Crippen molar-refractivity contribution in [3.05, 3.63) is 23.3 Å². The Morgan fingerprint density at radius 3 is 2.78 bits per heavy atom. The smallest absolute Gasteiger partial charge is 0.403 e. The van der Waals surface area contributed by atoms with Crippen LogP contribution in [0.3, 0.4) is 0 Å². The minimum atomic E-state index is -3.64. The van der Waals surface area contributed by atoms with Gasteiger partial charge in [-0.25, -0.2) is 9.55 Å². The van der Waals surface area contributed by atoms with E-state index in [0.29, 0.717) is 10.9 Å². The number of aromatic nitrogens is 1. The van der Waals surface area contributed by atoms with E-state index in [9.17, 15) is 4.57 Å². The number of fused-ring (bicyclic) bond motifs is 3. The number of rotatable bonds is 6. The van der Waals surface area contributed by atoms with Gasteiger partial charge in [0, 0.05) is 11.6 Å². The summed E-state index contributed by atoms with van der Waals surface area (Å²) in [5.41, 5.74) is 8.66. The number of anilines is 1. The Labute approximate surface area is 138 Å². The van der Waals surface area contributed by atoms with E-state index in [1.54, 1.807) is 13.8 Å². The molecule has 1 aromatic carbocycles. The van der Waals surface area contributed by atoms with Gasteiger partial charge in [0.25, 0.3) is 0 Å². The Morgan fingerprint density at radius 1 is 1.35 bits per heavy atom. The van der Waals surface area contributed by atoms with E-state index in [1.165, 1.54) is 11.3 Å². The molecule has 23 heavy (non-hydrogen) atoms. The molecule has 0 spiro atoms. The molecule has 1 heterocycles. The van der Waals surface area contributed by atoms with Crippen LogP contribution in [0.15, 0.2) is 12.1 Å². The Bertz CT molecular complexity index is 792. The molecule has 0 amide bonds. The topological polar surface area (TPSA) is 83.7 Å². The fraction of sp³-hybridized carbons (Fsp3) is 0.400. The first-order chi connectivity index (χ1) is 11.1. The molecule has 0 fully saturated rings. The van der Waals surface area contributed by atoms with Crippen molar-refractivity contribution < 1.29 is 18.1 Å². The van der Waals surface area contributed by atoms with Crippen molar-refractivity contribution >= 4 is 40.6 Å². The highest BCUT2D eigenvalue weighted by molar-refractivity contribution is 7.48. The summed E-state index contributed by atoms with van der Waals surface area (Å²) >= 11 is 1.38. The summed E-state index contributed by atoms with van der Waals surface area (Å²) in [5.74, 6) is 0.484. The lowest BCUT2D eigenvalue weighted by Gasteiger charge is -2.21. The molecule has 0 bridgehead atoms. The number of hydrogen-bond donors (Lipinski definition) is 1. The predicted octanol–water partition coefficient (Wildman–Crippen LogP) is 4.40. The lowest BCUT2D eigenvalue weighted by Crippen LogP contribution is -2.05. The highest BCUT2D eigenvalue weighted by Crippen LogP contribution is 2.52. The maximum absolute atomic E-state index is 12.7. The maximum Gasteiger partial charge on any atom is 0.530 e. The van der Waals surface area contributed by atoms with Crippen molar-refractivity contribution in [2.75, 3.05) is 18.9 Å². The number of hydrogen-bond acceptors (Lipinski definition) is 7. The molecule has 1 aliphatic carbocycles. The van der Waals surface area contributed by atoms with Crippen molar-refractivity contribution in [3.8, 4) is 5.75 Å². The second-order valence-corrected chi connectivity index (χ2v) is 7.64. The van der Waals surface area contributed by atoms with Crippen molar-refractivity contribution in [2.24, 2.45) is 0 Å². The van der Waals surface area contributed by atoms with Crippen LogP contribution in [0, 0.1) is 0 Å². The summed E-state index contributed by atoms with van der Waals surface area (Å²) in [6.45, 7) is 3.98. The molecule has 1 aliphatic rings. The highest BCUT2D eigenvalue weighted by Gasteiger charge is 2.30. The molecule has 0 atom stereocenters. The molecule has 3 rings (SSSR count). The molecular formula is C15H19N2O4PS. The average Bonchev–Trinajstić information content (AvgIpc) is 2.88. The number of phosphoric acid groups is 1. The van der Waals surface area contributed by atoms with E-state index >= 15 is 0 Å². The van der Waals surface area contributed by atoms with Crippen LogP contribution in [-0.2, 0) is 20.0 Å². The second kappa shape index (κ2) is 6.61. The third-order valence-corrected chi connectivity index (χ3v) is 5.84. The quantitative estimate of drug-likeness (QED) is 0.774. The summed E-state index contributed by atoms with van der Waals surface area (Å²) in [4.78, 5) is 4.41. The van der Waals surface area contributed by atoms with Gasteiger partial charge in [0.1, 0.15) is 5.75 Å². The fourth-order valence-corrected chi connectivity index (χ4v) is 4.60. The van der Waals surface area contributed by atoms with Crippen LogP contribution >= 0.6 is 19.2 Å². The van der Waals surface area contributed by atoms with Crippen molar-refractivity contribution in [2.45, 2.75) is 26.7 Å². The molecule has 2 N–H and O–H groups in total. The number of phosphoric ester groups is 1. The van der Waals surface area contributed by atoms with Gasteiger partial charge in [0.15, 0.2) is 5.13 Å². The van der Waals surface area contributed by atoms with Crippen LogP contribution in [0.5, 0.6) is 5.75 Å². The van der Waals surface area contributed by atoms with Gasteiger partial charge in [0.2, 0.25) is 0 Å². The van der Waals surface area contributed by atoms with E-state index in [4.69, 9.17) is 19.3 Å². The molecule has 0 saturated carbocycles. The largest absolute Gasteiger partial charge is 0.530 e. The number of nitrogen functional groups attached to an aromatic ring is 1. The molecule has 0 unspecified atom stereocenters. The van der Waals surface area contributed by atoms with Crippen LogP contribution in [0.25, 0.3) is 16.3 Å². The van der Waals surface area contributed by atoms with Crippen LogP contribution in [0.1, 0.15) is 31.4 Å². The van der Waals surface area contributed by atoms with Crippen molar-refractivity contribution in [3.63, 3.8) is 0 Å². The van der Waals surface area contributed by atoms with Gasteiger partial charge < -0.3 is 10.3 Å². The SMILES string of the molecule is CCOP(=O)(OCC)Oc1cc2sc(N)nc2c2c1C=CCC2. The van der Waals surface area contributed by atoms with Gasteiger partial charge >= 0.3 is 7.82 Å². The lowest BCUT2D eigenvalue weighted by molar-refractivity contribution is 0.167. The van der Waals surface area contributed by atoms with E-state index in [0.717, 1.165) is 34.2 Å². The van der Waals surface area contributed by atoms with Crippen LogP contribution in [0.4, 0.5) is 5.13 Å². The Balaban J connectivity index is 2.10. The third-order valence-electron chi connectivity index (χ3n) is 3.44. The summed E-state index contributed by atoms with van der Waals surface area (Å²) in [5, 5.41) is 0.506. The first kappa shape index (κ1) is 16.5. The summed E-state index contributed by atoms with van der Waals surface area (Å²) in [6.07, 6.45) is 5.79. The molecule has 6 nitrogen and oxygen atoms in total. The third kappa shape index (κ3) is 3.28. The van der Waals surface area contributed by atoms with Crippen molar-refractivity contribution in [1.29, 1.82) is 0 Å². The van der Waals surface area contributed by atoms with Gasteiger partial charge in [-0.3, -0.25) is 9.05 Å². The van der Waals surface area contributed by atoms with Gasteiger partial charge in [-0.1, -0.05) is 23.5 Å². The molecule has 8 heteroatoms. The highest BCUT2D eigenvalue weighted by atomic mass is 32.1. The standard InChI is InChI=1S/C15H19N2O4PS/c1-3-19-22(18,20-4-2)21-12-9-13-14(17-15(16)23-13)11-8-6-5-7-10(11)12/h5,7,9H,3-4,6,8H2,1-2H3,(H2,16,17). The first-order valence-electron chi connectivity index (χ1n) is 7.53. The zero-order chi connectivity index (χ0) is 16.4. The van der Waals surface area contributed by atoms with Gasteiger partial charge in [-0.2, -0.15) is 0 Å². The van der Waals surface area contributed by atoms with Crippen LogP contribution in [0.2, 0.25) is 0 Å². The zero-order valence-corrected chi connectivity index (χ0v) is 14.8. The number of thiazole rings is 1. The van der Waals surface area contributed by atoms with E-state index < -0.39 is 7.82 Å². The molecule has 0 saturated heterocycles. The Hall–Kier alpha value is -1.40. The lowest BCUT2D eigenvalue weighted by atomic mass is 9.95. The van der Waals surface area contributed by atoms with E-state index in [-0.39, 0.29) is 13.2 Å². The van der Waals surface area contributed by atoms with Crippen LogP contribution < -0.4 is 10.3 Å². The minimum Gasteiger partial charge on any atom is -0.403 e. The molecule has 124 valence electrons. The predicted molar refractivity (Wildman–Crippen MR) is 92.9 cm³/mol. The number of nitrogens with two attached hydrogens (primary N) is 1. The average molecular weight is 354 g/mol. The maximum atomic E-state index is 12.7. The molecular weight excluding hydrogens is 335 g/mol. The first-order valence-corrected chi connectivity index (χ1v) is 9.81. The summed E-state index contributed by atoms with van der Waals surface area (Å²) < 4.78 is 29.8. The van der Waals surface area contributed by atoms with Gasteiger partial charge in [0.05, 0.1) is 23.4 Å². The van der Waals surface area contributed by atoms with Gasteiger partial charge in [-0.05, 0) is 32.3 Å². The molecule has 0 aliphatic heterocycles. The zero-order valence-electron chi connectivity index (χ0n) is 13.1. The van der Waals surface area contributed by atoms with E-state index in [2.05, 4.69) is 11.1 Å². The molecule has 1 aromatic heterocycles. The Morgan fingerprint density at radius 2 is 2.09 bits per heavy atom. The number of benzene rings is 1. The number of aryl methyl sites for hydroxylation is 1. The fourth-order valence-electron chi connectivity index (χ4n) is 2.60. The van der Waals surface area contributed by atoms with Gasteiger partial charge in [-0.15, -0.1) is 0 Å². The van der Waals surface area contributed by atoms with Crippen molar-refractivity contribution in [1.82, 2.24) is 4.98 Å². The number of allylic oxidation sites excluding steroid dienone is 1. The minimum absolute atomic E-state index is 0.241. The van der Waals surface area contributed by atoms with Crippen LogP contribution in [-0.4, -0.2) is 18.2 Å². The molecule has 2 aromatic rings. The number of nitrogens with zero attached hydrogens (tertiary/aromatic N) is 1. The summed E-state index contributed by atoms with van der Waals surface area (Å²) in [7, 11) is -3.64. The summed E-state index contributed by atoms with van der Waals surface area (Å²) in [6, 6.07) is 1.81. The normalized spacial score (nSPS) is 14.2. The van der Waals surface area contributed by atoms with E-state index in [1.807, 2.05) is 12.1 Å².